The van der Waals surface area contributed by atoms with Crippen molar-refractivity contribution in [3.8, 4) is 5.75 Å². The number of halogens is 2. The van der Waals surface area contributed by atoms with Crippen molar-refractivity contribution in [2.24, 2.45) is 5.92 Å². The van der Waals surface area contributed by atoms with Gasteiger partial charge in [-0.05, 0) is 68.5 Å². The monoisotopic (exact) mass is 471 g/mol. The van der Waals surface area contributed by atoms with Crippen LogP contribution in [0.25, 0.3) is 0 Å². The van der Waals surface area contributed by atoms with Gasteiger partial charge in [0.1, 0.15) is 11.3 Å². The maximum Gasteiger partial charge on any atom is 0.325 e. The van der Waals surface area contributed by atoms with Gasteiger partial charge in [0.2, 0.25) is 0 Å². The Morgan fingerprint density at radius 3 is 2.44 bits per heavy atom. The SMILES string of the molecule is CC[C@@]1(C2CCN(Cc3cccc(F)c3F)CC2)NC(=O)N(CCc2ccc(OC)cc2)C1=O. The molecule has 0 unspecified atom stereocenters. The minimum absolute atomic E-state index is 0.00598. The molecule has 2 heterocycles. The van der Waals surface area contributed by atoms with Crippen molar-refractivity contribution in [3.05, 3.63) is 65.2 Å². The van der Waals surface area contributed by atoms with Gasteiger partial charge >= 0.3 is 6.03 Å². The first-order valence-electron chi connectivity index (χ1n) is 11.8. The van der Waals surface area contributed by atoms with E-state index in [0.29, 0.717) is 57.4 Å². The smallest absolute Gasteiger partial charge is 0.325 e. The highest BCUT2D eigenvalue weighted by Gasteiger charge is 2.54. The van der Waals surface area contributed by atoms with E-state index in [0.717, 1.165) is 17.4 Å². The van der Waals surface area contributed by atoms with Crippen molar-refractivity contribution in [2.45, 2.75) is 44.7 Å². The molecule has 2 aliphatic rings. The van der Waals surface area contributed by atoms with Crippen LogP contribution in [-0.2, 0) is 17.8 Å². The first-order chi connectivity index (χ1) is 16.4. The molecule has 1 atom stereocenters. The number of hydrogen-bond acceptors (Lipinski definition) is 4. The molecule has 1 N–H and O–H groups in total. The van der Waals surface area contributed by atoms with E-state index < -0.39 is 17.2 Å². The average molecular weight is 472 g/mol. The molecule has 4 rings (SSSR count). The molecule has 0 bridgehead atoms. The number of piperidine rings is 1. The Morgan fingerprint density at radius 1 is 1.09 bits per heavy atom. The number of amides is 3. The van der Waals surface area contributed by atoms with Crippen LogP contribution in [0.4, 0.5) is 13.6 Å². The maximum absolute atomic E-state index is 14.1. The summed E-state index contributed by atoms with van der Waals surface area (Å²) in [5.41, 5.74) is 0.444. The number of carbonyl (C=O) groups excluding carboxylic acids is 2. The summed E-state index contributed by atoms with van der Waals surface area (Å²) in [6, 6.07) is 11.5. The fourth-order valence-corrected chi connectivity index (χ4v) is 5.18. The van der Waals surface area contributed by atoms with Crippen LogP contribution in [-0.4, -0.2) is 54.0 Å². The zero-order valence-corrected chi connectivity index (χ0v) is 19.7. The Labute approximate surface area is 198 Å². The van der Waals surface area contributed by atoms with Gasteiger partial charge in [0, 0.05) is 18.7 Å². The van der Waals surface area contributed by atoms with E-state index in [1.54, 1.807) is 13.2 Å². The predicted molar refractivity (Wildman–Crippen MR) is 124 cm³/mol. The summed E-state index contributed by atoms with van der Waals surface area (Å²) >= 11 is 0. The largest absolute Gasteiger partial charge is 0.497 e. The van der Waals surface area contributed by atoms with Gasteiger partial charge < -0.3 is 10.1 Å². The molecule has 2 saturated heterocycles. The molecule has 2 fully saturated rings. The molecule has 34 heavy (non-hydrogen) atoms. The lowest BCUT2D eigenvalue weighted by Gasteiger charge is -2.40. The maximum atomic E-state index is 14.1. The number of nitrogens with one attached hydrogen (secondary N) is 1. The zero-order chi connectivity index (χ0) is 24.3. The first-order valence-corrected chi connectivity index (χ1v) is 11.8. The van der Waals surface area contributed by atoms with Crippen LogP contribution in [0.1, 0.15) is 37.3 Å². The van der Waals surface area contributed by atoms with Crippen LogP contribution in [0, 0.1) is 17.6 Å². The number of imide groups is 1. The second kappa shape index (κ2) is 10.1. The number of hydrogen-bond donors (Lipinski definition) is 1. The van der Waals surface area contributed by atoms with E-state index in [4.69, 9.17) is 4.74 Å². The third-order valence-corrected chi connectivity index (χ3v) is 7.25. The van der Waals surface area contributed by atoms with Crippen LogP contribution in [0.3, 0.4) is 0 Å². The highest BCUT2D eigenvalue weighted by Crippen LogP contribution is 2.36. The summed E-state index contributed by atoms with van der Waals surface area (Å²) in [7, 11) is 1.61. The lowest BCUT2D eigenvalue weighted by atomic mass is 9.75. The lowest BCUT2D eigenvalue weighted by molar-refractivity contribution is -0.134. The van der Waals surface area contributed by atoms with E-state index in [1.165, 1.54) is 11.0 Å². The second-order valence-corrected chi connectivity index (χ2v) is 9.07. The number of benzene rings is 2. The number of rotatable bonds is 8. The molecule has 2 aliphatic heterocycles. The van der Waals surface area contributed by atoms with Crippen molar-refractivity contribution < 1.29 is 23.1 Å². The zero-order valence-electron chi connectivity index (χ0n) is 19.7. The number of nitrogens with zero attached hydrogens (tertiary/aromatic N) is 2. The van der Waals surface area contributed by atoms with Crippen LogP contribution in [0.15, 0.2) is 42.5 Å². The number of likely N-dealkylation sites (tertiary alicyclic amines) is 1. The highest BCUT2D eigenvalue weighted by atomic mass is 19.2. The van der Waals surface area contributed by atoms with Crippen LogP contribution in [0.5, 0.6) is 5.75 Å². The number of carbonyl (C=O) groups is 2. The third-order valence-electron chi connectivity index (χ3n) is 7.25. The molecular formula is C26H31F2N3O3. The van der Waals surface area contributed by atoms with Crippen molar-refractivity contribution in [1.29, 1.82) is 0 Å². The van der Waals surface area contributed by atoms with Crippen LogP contribution >= 0.6 is 0 Å². The Bertz CT molecular complexity index is 1040. The van der Waals surface area contributed by atoms with E-state index in [-0.39, 0.29) is 17.9 Å². The standard InChI is InChI=1S/C26H31F2N3O3/c1-3-26(20-12-14-30(15-13-20)17-19-5-4-6-22(27)23(19)28)24(32)31(25(33)29-26)16-11-18-7-9-21(34-2)10-8-18/h4-10,20H,3,11-17H2,1-2H3,(H,29,33)/t26-/m0/s1. The van der Waals surface area contributed by atoms with Crippen molar-refractivity contribution >= 4 is 11.9 Å². The van der Waals surface area contributed by atoms with Gasteiger partial charge in [-0.2, -0.15) is 0 Å². The fraction of sp³-hybridized carbons (Fsp3) is 0.462. The normalized spacial score (nSPS) is 21.7. The summed E-state index contributed by atoms with van der Waals surface area (Å²) in [6.07, 6.45) is 2.48. The van der Waals surface area contributed by atoms with Gasteiger partial charge in [0.25, 0.3) is 5.91 Å². The third kappa shape index (κ3) is 4.64. The summed E-state index contributed by atoms with van der Waals surface area (Å²) in [6.45, 7) is 3.87. The van der Waals surface area contributed by atoms with Gasteiger partial charge in [0.15, 0.2) is 11.6 Å². The summed E-state index contributed by atoms with van der Waals surface area (Å²) in [5, 5.41) is 3.01. The van der Waals surface area contributed by atoms with Gasteiger partial charge in [-0.3, -0.25) is 14.6 Å². The number of methoxy groups -OCH3 is 1. The lowest BCUT2D eigenvalue weighted by Crippen LogP contribution is -2.55. The van der Waals surface area contributed by atoms with Gasteiger partial charge in [-0.15, -0.1) is 0 Å². The van der Waals surface area contributed by atoms with E-state index >= 15 is 0 Å². The molecule has 2 aromatic rings. The molecule has 2 aromatic carbocycles. The summed E-state index contributed by atoms with van der Waals surface area (Å²) in [4.78, 5) is 29.7. The van der Waals surface area contributed by atoms with Gasteiger partial charge in [0.05, 0.1) is 7.11 Å². The van der Waals surface area contributed by atoms with Crippen molar-refractivity contribution in [1.82, 2.24) is 15.1 Å². The molecular weight excluding hydrogens is 440 g/mol. The van der Waals surface area contributed by atoms with E-state index in [2.05, 4.69) is 10.2 Å². The molecule has 6 nitrogen and oxygen atoms in total. The van der Waals surface area contributed by atoms with Crippen molar-refractivity contribution in [2.75, 3.05) is 26.7 Å². The topological polar surface area (TPSA) is 61.9 Å². The Morgan fingerprint density at radius 2 is 1.79 bits per heavy atom. The summed E-state index contributed by atoms with van der Waals surface area (Å²) in [5.74, 6) is -1.06. The Balaban J connectivity index is 1.38. The molecule has 0 spiro atoms. The quantitative estimate of drug-likeness (QED) is 0.588. The molecule has 0 aromatic heterocycles. The number of ether oxygens (including phenoxy) is 1. The number of urea groups is 1. The average Bonchev–Trinajstić information content (AvgIpc) is 3.11. The minimum atomic E-state index is -0.910. The van der Waals surface area contributed by atoms with Crippen LogP contribution < -0.4 is 10.1 Å². The van der Waals surface area contributed by atoms with Gasteiger partial charge in [-0.1, -0.05) is 31.2 Å². The van der Waals surface area contributed by atoms with E-state index in [9.17, 15) is 18.4 Å². The molecule has 0 aliphatic carbocycles. The van der Waals surface area contributed by atoms with Gasteiger partial charge in [-0.25, -0.2) is 13.6 Å². The van der Waals surface area contributed by atoms with E-state index in [1.807, 2.05) is 31.2 Å². The molecule has 3 amide bonds. The van der Waals surface area contributed by atoms with Crippen molar-refractivity contribution in [3.63, 3.8) is 0 Å². The minimum Gasteiger partial charge on any atom is -0.497 e. The Kier molecular flexibility index (Phi) is 7.16. The predicted octanol–water partition coefficient (Wildman–Crippen LogP) is 4.13. The molecule has 182 valence electrons. The molecule has 0 radical (unpaired) electrons. The highest BCUT2D eigenvalue weighted by molar-refractivity contribution is 6.07. The first kappa shape index (κ1) is 24.1. The molecule has 0 saturated carbocycles. The fourth-order valence-electron chi connectivity index (χ4n) is 5.18. The van der Waals surface area contributed by atoms with Crippen LogP contribution in [0.2, 0.25) is 0 Å². The second-order valence-electron chi connectivity index (χ2n) is 9.07. The summed E-state index contributed by atoms with van der Waals surface area (Å²) < 4.78 is 32.8. The molecule has 8 heteroatoms. The Hall–Kier alpha value is -3.00.